The number of alkyl halides is 6. The van der Waals surface area contributed by atoms with Gasteiger partial charge in [-0.3, -0.25) is 0 Å². The van der Waals surface area contributed by atoms with Gasteiger partial charge in [0.05, 0.1) is 11.1 Å². The second kappa shape index (κ2) is 4.93. The third-order valence-corrected chi connectivity index (χ3v) is 3.59. The Labute approximate surface area is 117 Å². The normalized spacial score (nSPS) is 16.5. The van der Waals surface area contributed by atoms with Gasteiger partial charge in [-0.25, -0.2) is 0 Å². The van der Waals surface area contributed by atoms with Crippen molar-refractivity contribution >= 4 is 5.57 Å². The summed E-state index contributed by atoms with van der Waals surface area (Å²) in [6.45, 7) is 3.47. The highest BCUT2D eigenvalue weighted by atomic mass is 19.4. The van der Waals surface area contributed by atoms with Crippen LogP contribution < -0.4 is 0 Å². The SMILES string of the molecule is CC1=CCC(c2cc(C(F)(F)F)cc(C(F)(F)F)c2)=C1C. The smallest absolute Gasteiger partial charge is 0.166 e. The van der Waals surface area contributed by atoms with Crippen LogP contribution in [0.2, 0.25) is 0 Å². The quantitative estimate of drug-likeness (QED) is 0.571. The Balaban J connectivity index is 2.63. The van der Waals surface area contributed by atoms with E-state index in [9.17, 15) is 26.3 Å². The van der Waals surface area contributed by atoms with Gasteiger partial charge in [0.2, 0.25) is 0 Å². The lowest BCUT2D eigenvalue weighted by atomic mass is 9.96. The summed E-state index contributed by atoms with van der Waals surface area (Å²) in [6.07, 6.45) is -7.49. The molecule has 1 aliphatic rings. The van der Waals surface area contributed by atoms with E-state index in [-0.39, 0.29) is 11.6 Å². The Bertz CT molecular complexity index is 596. The van der Waals surface area contributed by atoms with Crippen molar-refractivity contribution in [3.8, 4) is 0 Å². The van der Waals surface area contributed by atoms with Gasteiger partial charge in [0.25, 0.3) is 0 Å². The molecule has 0 radical (unpaired) electrons. The van der Waals surface area contributed by atoms with Crippen LogP contribution in [0.25, 0.3) is 5.57 Å². The first-order valence-corrected chi connectivity index (χ1v) is 6.17. The van der Waals surface area contributed by atoms with Gasteiger partial charge in [0.15, 0.2) is 0 Å². The highest BCUT2D eigenvalue weighted by Gasteiger charge is 2.37. The van der Waals surface area contributed by atoms with E-state index in [2.05, 4.69) is 0 Å². The van der Waals surface area contributed by atoms with Gasteiger partial charge >= 0.3 is 12.4 Å². The van der Waals surface area contributed by atoms with Crippen LogP contribution in [0.3, 0.4) is 0 Å². The molecule has 0 saturated carbocycles. The van der Waals surface area contributed by atoms with E-state index >= 15 is 0 Å². The lowest BCUT2D eigenvalue weighted by Gasteiger charge is -2.15. The van der Waals surface area contributed by atoms with Crippen LogP contribution in [0, 0.1) is 0 Å². The van der Waals surface area contributed by atoms with Crippen molar-refractivity contribution in [1.82, 2.24) is 0 Å². The third-order valence-electron chi connectivity index (χ3n) is 3.59. The molecule has 0 atom stereocenters. The summed E-state index contributed by atoms with van der Waals surface area (Å²) in [6, 6.07) is 1.70. The molecule has 2 rings (SSSR count). The zero-order valence-electron chi connectivity index (χ0n) is 11.3. The van der Waals surface area contributed by atoms with E-state index in [1.807, 2.05) is 0 Å². The summed E-state index contributed by atoms with van der Waals surface area (Å²) >= 11 is 0. The van der Waals surface area contributed by atoms with Crippen molar-refractivity contribution in [3.05, 3.63) is 52.1 Å². The molecule has 6 heteroatoms. The van der Waals surface area contributed by atoms with Gasteiger partial charge in [0.1, 0.15) is 0 Å². The Hall–Kier alpha value is -1.72. The van der Waals surface area contributed by atoms with Crippen molar-refractivity contribution in [3.63, 3.8) is 0 Å². The minimum atomic E-state index is -4.81. The first-order chi connectivity index (χ1) is 9.50. The minimum absolute atomic E-state index is 0.0252. The maximum absolute atomic E-state index is 12.8. The molecule has 114 valence electrons. The summed E-state index contributed by atoms with van der Waals surface area (Å²) in [4.78, 5) is 0. The lowest BCUT2D eigenvalue weighted by Crippen LogP contribution is -2.11. The molecular formula is C15H12F6. The van der Waals surface area contributed by atoms with Crippen LogP contribution in [0.1, 0.15) is 37.0 Å². The van der Waals surface area contributed by atoms with Gasteiger partial charge in [-0.15, -0.1) is 0 Å². The first-order valence-electron chi connectivity index (χ1n) is 6.17. The Morgan fingerprint density at radius 2 is 1.29 bits per heavy atom. The fourth-order valence-corrected chi connectivity index (χ4v) is 2.26. The average molecular weight is 306 g/mol. The second-order valence-electron chi connectivity index (χ2n) is 4.99. The van der Waals surface area contributed by atoms with E-state index in [0.29, 0.717) is 12.0 Å². The van der Waals surface area contributed by atoms with Crippen molar-refractivity contribution < 1.29 is 26.3 Å². The van der Waals surface area contributed by atoms with Crippen LogP contribution in [0.4, 0.5) is 26.3 Å². The predicted octanol–water partition coefficient (Wildman–Crippen LogP) is 5.85. The molecule has 1 aromatic rings. The van der Waals surface area contributed by atoms with E-state index in [1.54, 1.807) is 19.9 Å². The maximum atomic E-state index is 12.8. The van der Waals surface area contributed by atoms with Crippen molar-refractivity contribution in [2.75, 3.05) is 0 Å². The molecule has 0 amide bonds. The monoisotopic (exact) mass is 306 g/mol. The highest BCUT2D eigenvalue weighted by Crippen LogP contribution is 2.40. The molecule has 0 N–H and O–H groups in total. The van der Waals surface area contributed by atoms with Gasteiger partial charge in [-0.05, 0) is 55.2 Å². The van der Waals surface area contributed by atoms with E-state index in [1.165, 1.54) is 0 Å². The zero-order valence-corrected chi connectivity index (χ0v) is 11.3. The maximum Gasteiger partial charge on any atom is 0.416 e. The van der Waals surface area contributed by atoms with Gasteiger partial charge in [0, 0.05) is 0 Å². The van der Waals surface area contributed by atoms with Crippen molar-refractivity contribution in [2.24, 2.45) is 0 Å². The van der Waals surface area contributed by atoms with Crippen LogP contribution in [-0.4, -0.2) is 0 Å². The number of benzene rings is 1. The van der Waals surface area contributed by atoms with Gasteiger partial charge < -0.3 is 0 Å². The predicted molar refractivity (Wildman–Crippen MR) is 67.4 cm³/mol. The van der Waals surface area contributed by atoms with E-state index < -0.39 is 23.5 Å². The molecular weight excluding hydrogens is 294 g/mol. The minimum Gasteiger partial charge on any atom is -0.166 e. The molecule has 0 unspecified atom stereocenters. The fourth-order valence-electron chi connectivity index (χ4n) is 2.26. The summed E-state index contributed by atoms with van der Waals surface area (Å²) in [7, 11) is 0. The second-order valence-corrected chi connectivity index (χ2v) is 4.99. The van der Waals surface area contributed by atoms with Crippen molar-refractivity contribution in [2.45, 2.75) is 32.6 Å². The summed E-state index contributed by atoms with van der Waals surface area (Å²) in [5.74, 6) is 0. The first kappa shape index (κ1) is 15.7. The molecule has 0 saturated heterocycles. The van der Waals surface area contributed by atoms with Crippen LogP contribution in [0.5, 0.6) is 0 Å². The summed E-state index contributed by atoms with van der Waals surface area (Å²) in [5, 5.41) is 0. The third kappa shape index (κ3) is 3.14. The molecule has 0 fully saturated rings. The molecule has 0 aromatic heterocycles. The lowest BCUT2D eigenvalue weighted by molar-refractivity contribution is -0.143. The number of rotatable bonds is 1. The average Bonchev–Trinajstić information content (AvgIpc) is 2.67. The number of hydrogen-bond acceptors (Lipinski definition) is 0. The van der Waals surface area contributed by atoms with Crippen LogP contribution >= 0.6 is 0 Å². The fraction of sp³-hybridized carbons (Fsp3) is 0.333. The molecule has 21 heavy (non-hydrogen) atoms. The Kier molecular flexibility index (Phi) is 3.68. The topological polar surface area (TPSA) is 0 Å². The largest absolute Gasteiger partial charge is 0.416 e. The molecule has 0 nitrogen and oxygen atoms in total. The van der Waals surface area contributed by atoms with Crippen LogP contribution in [0.15, 0.2) is 35.4 Å². The summed E-state index contributed by atoms with van der Waals surface area (Å²) in [5.41, 5.74) is -0.486. The standard InChI is InChI=1S/C15H12F6/c1-8-3-4-13(9(8)2)10-5-11(14(16,17)18)7-12(6-10)15(19,20)21/h3,5-7H,4H2,1-2H3. The molecule has 0 bridgehead atoms. The number of hydrogen-bond donors (Lipinski definition) is 0. The van der Waals surface area contributed by atoms with Crippen LogP contribution in [-0.2, 0) is 12.4 Å². The summed E-state index contributed by atoms with van der Waals surface area (Å²) < 4.78 is 76.8. The van der Waals surface area contributed by atoms with Gasteiger partial charge in [-0.2, -0.15) is 26.3 Å². The molecule has 0 aliphatic heterocycles. The highest BCUT2D eigenvalue weighted by molar-refractivity contribution is 5.77. The van der Waals surface area contributed by atoms with Gasteiger partial charge in [-0.1, -0.05) is 11.6 Å². The Morgan fingerprint density at radius 3 is 1.62 bits per heavy atom. The Morgan fingerprint density at radius 1 is 0.810 bits per heavy atom. The molecule has 1 aromatic carbocycles. The molecule has 0 heterocycles. The van der Waals surface area contributed by atoms with Crippen molar-refractivity contribution in [1.29, 1.82) is 0 Å². The molecule has 1 aliphatic carbocycles. The van der Waals surface area contributed by atoms with E-state index in [4.69, 9.17) is 0 Å². The molecule has 0 spiro atoms. The van der Waals surface area contributed by atoms with E-state index in [0.717, 1.165) is 23.3 Å². The number of allylic oxidation sites excluding steroid dienone is 4. The zero-order chi connectivity index (χ0) is 16.0. The number of halogens is 6.